The summed E-state index contributed by atoms with van der Waals surface area (Å²) in [6.07, 6.45) is 8.40. The molecule has 0 amide bonds. The van der Waals surface area contributed by atoms with Gasteiger partial charge in [0.1, 0.15) is 0 Å². The maximum absolute atomic E-state index is 5.77. The van der Waals surface area contributed by atoms with Crippen molar-refractivity contribution in [3.05, 3.63) is 23.0 Å². The van der Waals surface area contributed by atoms with Crippen LogP contribution in [0.4, 0.5) is 0 Å². The van der Waals surface area contributed by atoms with Crippen molar-refractivity contribution in [1.29, 1.82) is 0 Å². The minimum Gasteiger partial charge on any atom is -0.294 e. The quantitative estimate of drug-likeness (QED) is 0.840. The fourth-order valence-corrected chi connectivity index (χ4v) is 3.66. The number of hydrogen-bond donors (Lipinski definition) is 0. The van der Waals surface area contributed by atoms with Crippen LogP contribution in [-0.4, -0.2) is 27.7 Å². The number of nitrogens with zero attached hydrogens (tertiary/aromatic N) is 3. The number of rotatable bonds is 3. The van der Waals surface area contributed by atoms with Gasteiger partial charge in [-0.05, 0) is 50.3 Å². The molecule has 3 nitrogen and oxygen atoms in total. The van der Waals surface area contributed by atoms with Gasteiger partial charge in [-0.2, -0.15) is 5.10 Å². The molecule has 3 rings (SSSR count). The van der Waals surface area contributed by atoms with Gasteiger partial charge in [0.05, 0.1) is 5.69 Å². The zero-order valence-electron chi connectivity index (χ0n) is 10.7. The lowest BCUT2D eigenvalue weighted by molar-refractivity contribution is 0.181. The van der Waals surface area contributed by atoms with E-state index in [1.54, 1.807) is 0 Å². The molecule has 1 aromatic heterocycles. The van der Waals surface area contributed by atoms with E-state index < -0.39 is 0 Å². The molecule has 2 fully saturated rings. The summed E-state index contributed by atoms with van der Waals surface area (Å²) in [5.74, 6) is 0.924. The molecule has 4 heteroatoms. The van der Waals surface area contributed by atoms with Gasteiger partial charge in [-0.1, -0.05) is 24.4 Å². The molecule has 0 bridgehead atoms. The third kappa shape index (κ3) is 2.67. The number of likely N-dealkylation sites (tertiary alicyclic amines) is 1. The number of aromatic nitrogens is 2. The summed E-state index contributed by atoms with van der Waals surface area (Å²) in [6.45, 7) is 2.15. The fourth-order valence-electron chi connectivity index (χ4n) is 3.56. The van der Waals surface area contributed by atoms with Crippen molar-refractivity contribution < 1.29 is 0 Å². The average Bonchev–Trinajstić information content (AvgIpc) is 3.02. The van der Waals surface area contributed by atoms with Gasteiger partial charge in [-0.3, -0.25) is 4.90 Å². The summed E-state index contributed by atoms with van der Waals surface area (Å²) in [4.78, 5) is 2.61. The molecule has 1 aromatic rings. The van der Waals surface area contributed by atoms with E-state index in [2.05, 4.69) is 15.1 Å². The molecule has 1 atom stereocenters. The molecule has 1 unspecified atom stereocenters. The fraction of sp³-hybridized carbons (Fsp3) is 0.714. The molecule has 0 radical (unpaired) electrons. The van der Waals surface area contributed by atoms with Crippen LogP contribution in [0.25, 0.3) is 0 Å². The molecule has 0 aromatic carbocycles. The van der Waals surface area contributed by atoms with Crippen LogP contribution in [0.2, 0.25) is 5.15 Å². The Morgan fingerprint density at radius 1 is 1.11 bits per heavy atom. The monoisotopic (exact) mass is 265 g/mol. The first-order chi connectivity index (χ1) is 8.83. The second kappa shape index (κ2) is 5.54. The zero-order valence-corrected chi connectivity index (χ0v) is 11.4. The Balaban J connectivity index is 1.65. The van der Waals surface area contributed by atoms with Crippen LogP contribution >= 0.6 is 11.6 Å². The topological polar surface area (TPSA) is 29.0 Å². The predicted molar refractivity (Wildman–Crippen MR) is 72.4 cm³/mol. The summed E-state index contributed by atoms with van der Waals surface area (Å²) in [5, 5.41) is 8.59. The molecule has 98 valence electrons. The molecule has 1 saturated carbocycles. The molecule has 1 aliphatic heterocycles. The van der Waals surface area contributed by atoms with Gasteiger partial charge in [0.2, 0.25) is 0 Å². The lowest BCUT2D eigenvalue weighted by atomic mass is 9.96. The first-order valence-electron chi connectivity index (χ1n) is 7.05. The first kappa shape index (κ1) is 12.4. The van der Waals surface area contributed by atoms with E-state index >= 15 is 0 Å². The summed E-state index contributed by atoms with van der Waals surface area (Å²) >= 11 is 5.77. The third-order valence-corrected chi connectivity index (χ3v) is 4.61. The SMILES string of the molecule is Clc1ccc(CN2CCCC2C2CCCC2)nn1. The first-order valence-corrected chi connectivity index (χ1v) is 7.43. The molecular formula is C14H20ClN3. The molecule has 2 heterocycles. The second-order valence-corrected chi connectivity index (χ2v) is 5.96. The highest BCUT2D eigenvalue weighted by Gasteiger charge is 2.33. The highest BCUT2D eigenvalue weighted by molar-refractivity contribution is 6.29. The van der Waals surface area contributed by atoms with Gasteiger partial charge < -0.3 is 0 Å². The highest BCUT2D eigenvalue weighted by atomic mass is 35.5. The van der Waals surface area contributed by atoms with Crippen molar-refractivity contribution in [2.24, 2.45) is 5.92 Å². The van der Waals surface area contributed by atoms with Crippen LogP contribution in [0.1, 0.15) is 44.2 Å². The van der Waals surface area contributed by atoms with Gasteiger partial charge in [0.25, 0.3) is 0 Å². The molecule has 0 N–H and O–H groups in total. The van der Waals surface area contributed by atoms with Gasteiger partial charge in [-0.25, -0.2) is 0 Å². The van der Waals surface area contributed by atoms with E-state index in [9.17, 15) is 0 Å². The second-order valence-electron chi connectivity index (χ2n) is 5.57. The van der Waals surface area contributed by atoms with E-state index in [0.717, 1.165) is 24.2 Å². The lowest BCUT2D eigenvalue weighted by Crippen LogP contribution is -2.34. The van der Waals surface area contributed by atoms with Crippen LogP contribution in [0, 0.1) is 5.92 Å². The van der Waals surface area contributed by atoms with Crippen LogP contribution in [0.15, 0.2) is 12.1 Å². The largest absolute Gasteiger partial charge is 0.294 e. The standard InChI is InChI=1S/C14H20ClN3/c15-14-8-7-12(16-17-14)10-18-9-3-6-13(18)11-4-1-2-5-11/h7-8,11,13H,1-6,9-10H2. The van der Waals surface area contributed by atoms with Crippen LogP contribution in [0.3, 0.4) is 0 Å². The molecule has 1 saturated heterocycles. The van der Waals surface area contributed by atoms with Crippen molar-refractivity contribution in [1.82, 2.24) is 15.1 Å². The summed E-state index contributed by atoms with van der Waals surface area (Å²) < 4.78 is 0. The van der Waals surface area contributed by atoms with Crippen LogP contribution < -0.4 is 0 Å². The van der Waals surface area contributed by atoms with Gasteiger partial charge in [0.15, 0.2) is 5.15 Å². The number of hydrogen-bond acceptors (Lipinski definition) is 3. The Bertz CT molecular complexity index is 387. The van der Waals surface area contributed by atoms with E-state index in [0.29, 0.717) is 5.15 Å². The maximum Gasteiger partial charge on any atom is 0.151 e. The molecule has 2 aliphatic rings. The molecular weight excluding hydrogens is 246 g/mol. The van der Waals surface area contributed by atoms with Crippen LogP contribution in [0.5, 0.6) is 0 Å². The Kier molecular flexibility index (Phi) is 3.80. The van der Waals surface area contributed by atoms with Crippen molar-refractivity contribution in [3.63, 3.8) is 0 Å². The predicted octanol–water partition coefficient (Wildman–Crippen LogP) is 3.28. The van der Waals surface area contributed by atoms with E-state index in [1.165, 1.54) is 45.1 Å². The van der Waals surface area contributed by atoms with Crippen LogP contribution in [-0.2, 0) is 6.54 Å². The Labute approximate surface area is 114 Å². The molecule has 0 spiro atoms. The third-order valence-electron chi connectivity index (χ3n) is 4.41. The van der Waals surface area contributed by atoms with E-state index in [1.807, 2.05) is 12.1 Å². The zero-order chi connectivity index (χ0) is 12.4. The van der Waals surface area contributed by atoms with E-state index in [4.69, 9.17) is 11.6 Å². The van der Waals surface area contributed by atoms with Crippen molar-refractivity contribution in [2.75, 3.05) is 6.54 Å². The lowest BCUT2D eigenvalue weighted by Gasteiger charge is -2.28. The van der Waals surface area contributed by atoms with Crippen molar-refractivity contribution in [2.45, 2.75) is 51.1 Å². The minimum atomic E-state index is 0.479. The molecule has 1 aliphatic carbocycles. The summed E-state index contributed by atoms with van der Waals surface area (Å²) in [6, 6.07) is 4.62. The Hall–Kier alpha value is -0.670. The van der Waals surface area contributed by atoms with Crippen molar-refractivity contribution in [3.8, 4) is 0 Å². The molecule has 18 heavy (non-hydrogen) atoms. The maximum atomic E-state index is 5.77. The smallest absolute Gasteiger partial charge is 0.151 e. The summed E-state index contributed by atoms with van der Waals surface area (Å²) in [7, 11) is 0. The van der Waals surface area contributed by atoms with Gasteiger partial charge in [0, 0.05) is 12.6 Å². The highest BCUT2D eigenvalue weighted by Crippen LogP contribution is 2.35. The van der Waals surface area contributed by atoms with E-state index in [-0.39, 0.29) is 0 Å². The number of halogens is 1. The Morgan fingerprint density at radius 2 is 1.94 bits per heavy atom. The minimum absolute atomic E-state index is 0.479. The van der Waals surface area contributed by atoms with Gasteiger partial charge >= 0.3 is 0 Å². The van der Waals surface area contributed by atoms with Gasteiger partial charge in [-0.15, -0.1) is 5.10 Å². The average molecular weight is 266 g/mol. The van der Waals surface area contributed by atoms with Crippen molar-refractivity contribution >= 4 is 11.6 Å². The normalized spacial score (nSPS) is 25.9. The Morgan fingerprint density at radius 3 is 2.67 bits per heavy atom. The summed E-state index contributed by atoms with van der Waals surface area (Å²) in [5.41, 5.74) is 1.05.